The predicted octanol–water partition coefficient (Wildman–Crippen LogP) is 1.94. The molecule has 0 atom stereocenters. The number of hydrogen-bond acceptors (Lipinski definition) is 6. The van der Waals surface area contributed by atoms with E-state index in [4.69, 9.17) is 5.73 Å². The van der Waals surface area contributed by atoms with Gasteiger partial charge in [-0.3, -0.25) is 4.79 Å². The molecule has 0 radical (unpaired) electrons. The number of rotatable bonds is 4. The van der Waals surface area contributed by atoms with Gasteiger partial charge in [0.25, 0.3) is 5.91 Å². The van der Waals surface area contributed by atoms with Gasteiger partial charge in [0, 0.05) is 26.2 Å². The van der Waals surface area contributed by atoms with Crippen molar-refractivity contribution in [1.29, 1.82) is 0 Å². The number of nitrogen functional groups attached to an aromatic ring is 1. The summed E-state index contributed by atoms with van der Waals surface area (Å²) in [6.07, 6.45) is 3.16. The van der Waals surface area contributed by atoms with Crippen LogP contribution in [0.2, 0.25) is 0 Å². The summed E-state index contributed by atoms with van der Waals surface area (Å²) in [6, 6.07) is 0. The fraction of sp³-hybridized carbons (Fsp3) is 0.643. The number of thiophene rings is 1. The largest absolute Gasteiger partial charge is 0.396 e. The van der Waals surface area contributed by atoms with E-state index in [1.807, 2.05) is 13.2 Å². The Morgan fingerprint density at radius 3 is 2.81 bits per heavy atom. The first-order valence-electron chi connectivity index (χ1n) is 7.26. The number of carbonyl (C=O) groups excluding carboxylic acids is 1. The van der Waals surface area contributed by atoms with Gasteiger partial charge in [-0.25, -0.2) is 0 Å². The highest BCUT2D eigenvalue weighted by Crippen LogP contribution is 2.44. The number of nitrogens with one attached hydrogen (secondary N) is 1. The van der Waals surface area contributed by atoms with E-state index in [0.29, 0.717) is 17.1 Å². The Morgan fingerprint density at radius 1 is 1.38 bits per heavy atom. The van der Waals surface area contributed by atoms with Crippen molar-refractivity contribution in [3.05, 3.63) is 4.88 Å². The zero-order valence-electron chi connectivity index (χ0n) is 12.9. The van der Waals surface area contributed by atoms with Gasteiger partial charge in [0.05, 0.1) is 10.6 Å². The highest BCUT2D eigenvalue weighted by Gasteiger charge is 2.24. The first-order valence-corrected chi connectivity index (χ1v) is 9.30. The minimum absolute atomic E-state index is 0.0616. The lowest BCUT2D eigenvalue weighted by molar-refractivity contribution is 0.0960. The van der Waals surface area contributed by atoms with E-state index in [1.165, 1.54) is 11.3 Å². The maximum absolute atomic E-state index is 12.1. The Balaban J connectivity index is 2.30. The van der Waals surface area contributed by atoms with Gasteiger partial charge in [-0.2, -0.15) is 0 Å². The van der Waals surface area contributed by atoms with Crippen LogP contribution >= 0.6 is 23.1 Å². The number of nitrogens with zero attached hydrogens (tertiary/aromatic N) is 2. The Hall–Kier alpha value is -0.920. The van der Waals surface area contributed by atoms with Gasteiger partial charge < -0.3 is 20.9 Å². The molecule has 21 heavy (non-hydrogen) atoms. The molecule has 2 heterocycles. The summed E-state index contributed by atoms with van der Waals surface area (Å²) >= 11 is 3.16. The van der Waals surface area contributed by atoms with Crippen LogP contribution < -0.4 is 16.0 Å². The monoisotopic (exact) mass is 328 g/mol. The Morgan fingerprint density at radius 2 is 2.14 bits per heavy atom. The normalized spacial score (nSPS) is 16.8. The second kappa shape index (κ2) is 7.38. The Bertz CT molecular complexity index is 503. The third-order valence-corrected chi connectivity index (χ3v) is 5.85. The Kier molecular flexibility index (Phi) is 5.78. The fourth-order valence-corrected chi connectivity index (χ4v) is 4.63. The summed E-state index contributed by atoms with van der Waals surface area (Å²) in [5, 5.41) is 3.99. The van der Waals surface area contributed by atoms with Crippen molar-refractivity contribution in [2.75, 3.05) is 56.7 Å². The average Bonchev–Trinajstić information content (AvgIpc) is 2.63. The van der Waals surface area contributed by atoms with E-state index in [2.05, 4.69) is 22.2 Å². The highest BCUT2D eigenvalue weighted by atomic mass is 32.2. The zero-order chi connectivity index (χ0) is 15.4. The number of hydrogen-bond donors (Lipinski definition) is 2. The van der Waals surface area contributed by atoms with Gasteiger partial charge in [0.1, 0.15) is 9.88 Å². The highest BCUT2D eigenvalue weighted by molar-refractivity contribution is 7.99. The first kappa shape index (κ1) is 16.5. The molecule has 1 aromatic heterocycles. The molecule has 1 fully saturated rings. The molecule has 2 rings (SSSR count). The van der Waals surface area contributed by atoms with Gasteiger partial charge in [-0.15, -0.1) is 23.1 Å². The minimum Gasteiger partial charge on any atom is -0.396 e. The van der Waals surface area contributed by atoms with E-state index < -0.39 is 0 Å². The molecule has 0 unspecified atom stereocenters. The van der Waals surface area contributed by atoms with E-state index >= 15 is 0 Å². The van der Waals surface area contributed by atoms with Gasteiger partial charge in [-0.1, -0.05) is 0 Å². The van der Waals surface area contributed by atoms with E-state index in [1.54, 1.807) is 11.8 Å². The van der Waals surface area contributed by atoms with Crippen LogP contribution in [0.25, 0.3) is 0 Å². The molecule has 0 aliphatic carbocycles. The van der Waals surface area contributed by atoms with Crippen LogP contribution in [0.15, 0.2) is 4.90 Å². The van der Waals surface area contributed by atoms with Crippen LogP contribution in [0, 0.1) is 0 Å². The molecule has 1 aromatic rings. The van der Waals surface area contributed by atoms with Crippen molar-refractivity contribution in [3.8, 4) is 0 Å². The molecular formula is C14H24N4OS2. The molecule has 1 saturated heterocycles. The van der Waals surface area contributed by atoms with Crippen molar-refractivity contribution >= 4 is 39.7 Å². The van der Waals surface area contributed by atoms with Crippen LogP contribution in [-0.2, 0) is 0 Å². The topological polar surface area (TPSA) is 61.6 Å². The lowest BCUT2D eigenvalue weighted by Gasteiger charge is -2.22. The lowest BCUT2D eigenvalue weighted by Crippen LogP contribution is -2.28. The van der Waals surface area contributed by atoms with Crippen molar-refractivity contribution < 1.29 is 4.79 Å². The van der Waals surface area contributed by atoms with Crippen LogP contribution in [-0.4, -0.2) is 56.8 Å². The maximum atomic E-state index is 12.1. The number of likely N-dealkylation sites (N-methyl/N-ethyl adjacent to an activating group) is 1. The summed E-state index contributed by atoms with van der Waals surface area (Å²) in [4.78, 5) is 18.5. The first-order chi connectivity index (χ1) is 10.1. The number of anilines is 2. The third kappa shape index (κ3) is 3.64. The zero-order valence-corrected chi connectivity index (χ0v) is 14.6. The number of nitrogens with two attached hydrogens (primary N) is 1. The molecule has 1 amide bonds. The molecular weight excluding hydrogens is 304 g/mol. The SMILES string of the molecule is CCNC(=O)c1sc(N2CCCN(C)CC2)c(SC)c1N. The van der Waals surface area contributed by atoms with Crippen LogP contribution in [0.5, 0.6) is 0 Å². The van der Waals surface area contributed by atoms with Crippen LogP contribution in [0.1, 0.15) is 23.0 Å². The smallest absolute Gasteiger partial charge is 0.263 e. The van der Waals surface area contributed by atoms with Gasteiger partial charge in [-0.05, 0) is 33.2 Å². The molecule has 0 aromatic carbocycles. The Labute approximate surface area is 134 Å². The predicted molar refractivity (Wildman–Crippen MR) is 92.8 cm³/mol. The number of carbonyl (C=O) groups is 1. The second-order valence-electron chi connectivity index (χ2n) is 5.19. The van der Waals surface area contributed by atoms with E-state index in [9.17, 15) is 4.79 Å². The van der Waals surface area contributed by atoms with Crippen molar-refractivity contribution in [2.45, 2.75) is 18.2 Å². The maximum Gasteiger partial charge on any atom is 0.263 e. The summed E-state index contributed by atoms with van der Waals surface area (Å²) in [5.74, 6) is -0.0616. The quantitative estimate of drug-likeness (QED) is 0.827. The molecule has 0 saturated carbocycles. The second-order valence-corrected chi connectivity index (χ2v) is 7.00. The molecule has 3 N–H and O–H groups in total. The molecule has 1 aliphatic heterocycles. The standard InChI is InChI=1S/C14H24N4OS2/c1-4-16-13(19)11-10(15)12(20-3)14(21-11)18-7-5-6-17(2)8-9-18/h4-9,15H2,1-3H3,(H,16,19). The molecule has 0 bridgehead atoms. The number of thioether (sulfide) groups is 1. The third-order valence-electron chi connectivity index (χ3n) is 3.64. The molecule has 0 spiro atoms. The van der Waals surface area contributed by atoms with Crippen molar-refractivity contribution in [1.82, 2.24) is 10.2 Å². The van der Waals surface area contributed by atoms with Gasteiger partial charge in [0.15, 0.2) is 0 Å². The summed E-state index contributed by atoms with van der Waals surface area (Å²) in [6.45, 7) is 6.71. The van der Waals surface area contributed by atoms with Crippen molar-refractivity contribution in [3.63, 3.8) is 0 Å². The molecule has 7 heteroatoms. The van der Waals surface area contributed by atoms with E-state index in [0.717, 1.165) is 42.5 Å². The summed E-state index contributed by atoms with van der Waals surface area (Å²) < 4.78 is 0. The van der Waals surface area contributed by atoms with Crippen LogP contribution in [0.3, 0.4) is 0 Å². The van der Waals surface area contributed by atoms with Gasteiger partial charge >= 0.3 is 0 Å². The average molecular weight is 329 g/mol. The minimum atomic E-state index is -0.0616. The summed E-state index contributed by atoms with van der Waals surface area (Å²) in [5.41, 5.74) is 6.84. The van der Waals surface area contributed by atoms with E-state index in [-0.39, 0.29) is 5.91 Å². The summed E-state index contributed by atoms with van der Waals surface area (Å²) in [7, 11) is 2.15. The molecule has 1 aliphatic rings. The number of amides is 1. The van der Waals surface area contributed by atoms with Gasteiger partial charge in [0.2, 0.25) is 0 Å². The van der Waals surface area contributed by atoms with Crippen molar-refractivity contribution in [2.24, 2.45) is 0 Å². The molecule has 118 valence electrons. The lowest BCUT2D eigenvalue weighted by atomic mass is 10.3. The molecule has 5 nitrogen and oxygen atoms in total. The van der Waals surface area contributed by atoms with Crippen LogP contribution in [0.4, 0.5) is 10.7 Å². The fourth-order valence-electron chi connectivity index (χ4n) is 2.48.